The Morgan fingerprint density at radius 1 is 1.37 bits per heavy atom. The second kappa shape index (κ2) is 6.65. The zero-order chi connectivity index (χ0) is 13.8. The van der Waals surface area contributed by atoms with E-state index in [1.54, 1.807) is 0 Å². The molecule has 2 rings (SSSR count). The van der Waals surface area contributed by atoms with E-state index in [0.717, 1.165) is 13.0 Å². The van der Waals surface area contributed by atoms with Gasteiger partial charge in [0.05, 0.1) is 25.9 Å². The third-order valence-electron chi connectivity index (χ3n) is 3.78. The molecule has 1 N–H and O–H groups in total. The molecule has 2 saturated heterocycles. The molecule has 0 bridgehead atoms. The average molecular weight is 271 g/mol. The van der Waals surface area contributed by atoms with E-state index in [9.17, 15) is 9.90 Å². The van der Waals surface area contributed by atoms with Crippen LogP contribution in [-0.2, 0) is 9.53 Å². The summed E-state index contributed by atoms with van der Waals surface area (Å²) < 4.78 is 5.26. The Bertz CT molecular complexity index is 306. The molecule has 2 aliphatic rings. The highest BCUT2D eigenvalue weighted by Gasteiger charge is 2.33. The van der Waals surface area contributed by atoms with Gasteiger partial charge in [0.25, 0.3) is 0 Å². The van der Waals surface area contributed by atoms with Crippen LogP contribution in [-0.4, -0.2) is 97.9 Å². The van der Waals surface area contributed by atoms with Crippen LogP contribution in [0.15, 0.2) is 0 Å². The SMILES string of the molecule is CN(C)CC1CC(O)CN1CC(=O)N1CCOCC1. The fraction of sp³-hybridized carbons (Fsp3) is 0.923. The zero-order valence-corrected chi connectivity index (χ0v) is 11.9. The van der Waals surface area contributed by atoms with Crippen LogP contribution in [0.4, 0.5) is 0 Å². The number of aliphatic hydroxyl groups is 1. The van der Waals surface area contributed by atoms with Crippen LogP contribution in [0, 0.1) is 0 Å². The Morgan fingerprint density at radius 2 is 2.05 bits per heavy atom. The van der Waals surface area contributed by atoms with Crippen molar-refractivity contribution in [3.63, 3.8) is 0 Å². The van der Waals surface area contributed by atoms with E-state index in [1.165, 1.54) is 0 Å². The minimum atomic E-state index is -0.303. The molecule has 6 nitrogen and oxygen atoms in total. The van der Waals surface area contributed by atoms with Crippen molar-refractivity contribution in [1.82, 2.24) is 14.7 Å². The van der Waals surface area contributed by atoms with Gasteiger partial charge in [-0.05, 0) is 20.5 Å². The van der Waals surface area contributed by atoms with E-state index in [-0.39, 0.29) is 18.1 Å². The van der Waals surface area contributed by atoms with Crippen molar-refractivity contribution < 1.29 is 14.6 Å². The Labute approximate surface area is 114 Å². The molecule has 0 aromatic carbocycles. The lowest BCUT2D eigenvalue weighted by Gasteiger charge is -2.31. The summed E-state index contributed by atoms with van der Waals surface area (Å²) in [5.41, 5.74) is 0. The molecular weight excluding hydrogens is 246 g/mol. The number of aliphatic hydroxyl groups excluding tert-OH is 1. The fourth-order valence-corrected chi connectivity index (χ4v) is 2.85. The van der Waals surface area contributed by atoms with Gasteiger partial charge >= 0.3 is 0 Å². The van der Waals surface area contributed by atoms with Crippen LogP contribution in [0.3, 0.4) is 0 Å². The van der Waals surface area contributed by atoms with Gasteiger partial charge < -0.3 is 19.6 Å². The number of rotatable bonds is 4. The summed E-state index contributed by atoms with van der Waals surface area (Å²) >= 11 is 0. The minimum absolute atomic E-state index is 0.154. The minimum Gasteiger partial charge on any atom is -0.392 e. The highest BCUT2D eigenvalue weighted by atomic mass is 16.5. The van der Waals surface area contributed by atoms with E-state index in [2.05, 4.69) is 9.80 Å². The third-order valence-corrected chi connectivity index (χ3v) is 3.78. The summed E-state index contributed by atoms with van der Waals surface area (Å²) in [5.74, 6) is 0.154. The van der Waals surface area contributed by atoms with Crippen molar-refractivity contribution in [3.8, 4) is 0 Å². The standard InChI is InChI=1S/C13H25N3O3/c1-14(2)8-11-7-12(17)9-16(11)10-13(18)15-3-5-19-6-4-15/h11-12,17H,3-10H2,1-2H3. The number of likely N-dealkylation sites (tertiary alicyclic amines) is 1. The number of hydrogen-bond acceptors (Lipinski definition) is 5. The van der Waals surface area contributed by atoms with Crippen LogP contribution >= 0.6 is 0 Å². The van der Waals surface area contributed by atoms with E-state index in [0.29, 0.717) is 39.4 Å². The highest BCUT2D eigenvalue weighted by Crippen LogP contribution is 2.18. The largest absolute Gasteiger partial charge is 0.392 e. The first-order valence-corrected chi connectivity index (χ1v) is 6.98. The van der Waals surface area contributed by atoms with Crippen LogP contribution in [0.5, 0.6) is 0 Å². The van der Waals surface area contributed by atoms with E-state index in [1.807, 2.05) is 19.0 Å². The average Bonchev–Trinajstić information content (AvgIpc) is 2.69. The summed E-state index contributed by atoms with van der Waals surface area (Å²) in [4.78, 5) is 18.3. The number of nitrogens with zero attached hydrogens (tertiary/aromatic N) is 3. The highest BCUT2D eigenvalue weighted by molar-refractivity contribution is 5.78. The third kappa shape index (κ3) is 4.14. The maximum absolute atomic E-state index is 12.2. The van der Waals surface area contributed by atoms with E-state index in [4.69, 9.17) is 4.74 Å². The van der Waals surface area contributed by atoms with Gasteiger partial charge in [0.2, 0.25) is 5.91 Å². The second-order valence-electron chi connectivity index (χ2n) is 5.73. The summed E-state index contributed by atoms with van der Waals surface area (Å²) in [6.07, 6.45) is 0.455. The maximum Gasteiger partial charge on any atom is 0.236 e. The summed E-state index contributed by atoms with van der Waals surface area (Å²) in [7, 11) is 4.04. The number of hydrogen-bond donors (Lipinski definition) is 1. The lowest BCUT2D eigenvalue weighted by atomic mass is 10.2. The molecule has 2 atom stereocenters. The van der Waals surface area contributed by atoms with Crippen LogP contribution in [0.25, 0.3) is 0 Å². The maximum atomic E-state index is 12.2. The Balaban J connectivity index is 1.86. The molecule has 2 heterocycles. The second-order valence-corrected chi connectivity index (χ2v) is 5.73. The van der Waals surface area contributed by atoms with Crippen LogP contribution in [0.2, 0.25) is 0 Å². The molecule has 110 valence electrons. The van der Waals surface area contributed by atoms with Gasteiger partial charge in [-0.15, -0.1) is 0 Å². The summed E-state index contributed by atoms with van der Waals surface area (Å²) in [6.45, 7) is 4.55. The molecule has 0 aromatic rings. The smallest absolute Gasteiger partial charge is 0.236 e. The van der Waals surface area contributed by atoms with Crippen molar-refractivity contribution in [1.29, 1.82) is 0 Å². The molecular formula is C13H25N3O3. The Hall–Kier alpha value is -0.690. The van der Waals surface area contributed by atoms with Gasteiger partial charge in [-0.3, -0.25) is 9.69 Å². The number of carbonyl (C=O) groups is 1. The number of β-amino-alcohol motifs (C(OH)–C–C–N with tert-alkyl or cyclic N) is 1. The summed E-state index contributed by atoms with van der Waals surface area (Å²) in [6, 6.07) is 0.273. The van der Waals surface area contributed by atoms with Crippen molar-refractivity contribution in [2.45, 2.75) is 18.6 Å². The topological polar surface area (TPSA) is 56.2 Å². The molecule has 6 heteroatoms. The predicted octanol–water partition coefficient (Wildman–Crippen LogP) is -1.16. The van der Waals surface area contributed by atoms with Gasteiger partial charge in [0.15, 0.2) is 0 Å². The number of ether oxygens (including phenoxy) is 1. The van der Waals surface area contributed by atoms with Crippen molar-refractivity contribution in [3.05, 3.63) is 0 Å². The Kier molecular flexibility index (Phi) is 5.15. The quantitative estimate of drug-likeness (QED) is 0.699. The lowest BCUT2D eigenvalue weighted by molar-refractivity contribution is -0.136. The van der Waals surface area contributed by atoms with Gasteiger partial charge in [-0.25, -0.2) is 0 Å². The predicted molar refractivity (Wildman–Crippen MR) is 71.9 cm³/mol. The van der Waals surface area contributed by atoms with Crippen LogP contribution < -0.4 is 0 Å². The normalized spacial score (nSPS) is 29.2. The van der Waals surface area contributed by atoms with Gasteiger partial charge in [0.1, 0.15) is 0 Å². The summed E-state index contributed by atoms with van der Waals surface area (Å²) in [5, 5.41) is 9.80. The monoisotopic (exact) mass is 271 g/mol. The molecule has 0 aliphatic carbocycles. The molecule has 1 amide bonds. The van der Waals surface area contributed by atoms with Gasteiger partial charge in [-0.2, -0.15) is 0 Å². The first kappa shape index (κ1) is 14.7. The molecule has 0 spiro atoms. The number of amides is 1. The number of morpholine rings is 1. The molecule has 2 fully saturated rings. The zero-order valence-electron chi connectivity index (χ0n) is 11.9. The molecule has 0 aromatic heterocycles. The Morgan fingerprint density at radius 3 is 2.68 bits per heavy atom. The molecule has 2 unspecified atom stereocenters. The van der Waals surface area contributed by atoms with Crippen molar-refractivity contribution >= 4 is 5.91 Å². The van der Waals surface area contributed by atoms with Gasteiger partial charge in [-0.1, -0.05) is 0 Å². The van der Waals surface area contributed by atoms with E-state index < -0.39 is 0 Å². The molecule has 0 saturated carbocycles. The van der Waals surface area contributed by atoms with Crippen molar-refractivity contribution in [2.24, 2.45) is 0 Å². The van der Waals surface area contributed by atoms with Crippen molar-refractivity contribution in [2.75, 3.05) is 60.0 Å². The fourth-order valence-electron chi connectivity index (χ4n) is 2.85. The lowest BCUT2D eigenvalue weighted by Crippen LogP contribution is -2.48. The van der Waals surface area contributed by atoms with Gasteiger partial charge in [0, 0.05) is 32.2 Å². The number of carbonyl (C=O) groups excluding carboxylic acids is 1. The van der Waals surface area contributed by atoms with Crippen LogP contribution in [0.1, 0.15) is 6.42 Å². The number of likely N-dealkylation sites (N-methyl/N-ethyl adjacent to an activating group) is 1. The molecule has 0 radical (unpaired) electrons. The first-order chi connectivity index (χ1) is 9.06. The molecule has 19 heavy (non-hydrogen) atoms. The van der Waals surface area contributed by atoms with E-state index >= 15 is 0 Å². The molecule has 2 aliphatic heterocycles. The first-order valence-electron chi connectivity index (χ1n) is 6.98.